The molecule has 1 atom stereocenters. The molecule has 0 saturated heterocycles. The normalized spacial score (nSPS) is 12.3. The predicted octanol–water partition coefficient (Wildman–Crippen LogP) is 1.29. The van der Waals surface area contributed by atoms with Crippen LogP contribution >= 0.6 is 0 Å². The maximum Gasteiger partial charge on any atom is 0.320 e. The van der Waals surface area contributed by atoms with E-state index in [1.54, 1.807) is 0 Å². The van der Waals surface area contributed by atoms with Crippen LogP contribution in [0.1, 0.15) is 24.8 Å². The quantitative estimate of drug-likeness (QED) is 0.455. The molecule has 0 aliphatic carbocycles. The Labute approximate surface area is 107 Å². The number of hydrogen-bond donors (Lipinski definition) is 3. The molecule has 1 unspecified atom stereocenters. The summed E-state index contributed by atoms with van der Waals surface area (Å²) in [6.07, 6.45) is 2.11. The molecule has 0 aliphatic rings. The highest BCUT2D eigenvalue weighted by Gasteiger charge is 2.09. The van der Waals surface area contributed by atoms with Crippen molar-refractivity contribution in [1.29, 1.82) is 0 Å². The molecule has 5 nitrogen and oxygen atoms in total. The second-order valence-electron chi connectivity index (χ2n) is 4.11. The summed E-state index contributed by atoms with van der Waals surface area (Å²) < 4.78 is 0. The minimum atomic E-state index is -0.941. The number of hydrogen-bond acceptors (Lipinski definition) is 4. The first-order valence-corrected chi connectivity index (χ1v) is 6.07. The Morgan fingerprint density at radius 3 is 2.72 bits per heavy atom. The molecular weight excluding hydrogens is 232 g/mol. The third-order valence-corrected chi connectivity index (χ3v) is 2.54. The van der Waals surface area contributed by atoms with Crippen LogP contribution in [0.5, 0.6) is 0 Å². The van der Waals surface area contributed by atoms with Crippen LogP contribution in [0.2, 0.25) is 0 Å². The topological polar surface area (TPSA) is 84.6 Å². The first-order valence-electron chi connectivity index (χ1n) is 6.07. The van der Waals surface area contributed by atoms with Crippen LogP contribution in [0.25, 0.3) is 0 Å². The Balaban J connectivity index is 1.95. The lowest BCUT2D eigenvalue weighted by Crippen LogP contribution is -2.30. The average Bonchev–Trinajstić information content (AvgIpc) is 2.38. The third kappa shape index (κ3) is 6.34. The van der Waals surface area contributed by atoms with E-state index in [4.69, 9.17) is 15.7 Å². The number of nitrogens with one attached hydrogen (secondary N) is 1. The van der Waals surface area contributed by atoms with Crippen LogP contribution in [0.15, 0.2) is 30.3 Å². The molecular formula is C13H20N2O3. The van der Waals surface area contributed by atoms with Crippen LogP contribution in [0.4, 0.5) is 0 Å². The monoisotopic (exact) mass is 252 g/mol. The highest BCUT2D eigenvalue weighted by atomic mass is 16.6. The number of benzene rings is 1. The van der Waals surface area contributed by atoms with Gasteiger partial charge in [-0.15, -0.1) is 0 Å². The highest BCUT2D eigenvalue weighted by Crippen LogP contribution is 2.00. The van der Waals surface area contributed by atoms with Crippen LogP contribution in [0.3, 0.4) is 0 Å². The van der Waals surface area contributed by atoms with Gasteiger partial charge in [0, 0.05) is 6.54 Å². The van der Waals surface area contributed by atoms with Gasteiger partial charge in [-0.05, 0) is 24.8 Å². The van der Waals surface area contributed by atoms with Crippen LogP contribution in [-0.4, -0.2) is 23.7 Å². The predicted molar refractivity (Wildman–Crippen MR) is 68.7 cm³/mol. The number of carboxylic acids is 1. The molecule has 0 spiro atoms. The van der Waals surface area contributed by atoms with Crippen molar-refractivity contribution < 1.29 is 14.7 Å². The second-order valence-corrected chi connectivity index (χ2v) is 4.11. The number of rotatable bonds is 9. The van der Waals surface area contributed by atoms with Crippen molar-refractivity contribution in [3.8, 4) is 0 Å². The molecule has 0 heterocycles. The van der Waals surface area contributed by atoms with Gasteiger partial charge in [-0.25, -0.2) is 5.48 Å². The van der Waals surface area contributed by atoms with E-state index in [0.717, 1.165) is 18.4 Å². The number of carbonyl (C=O) groups is 1. The van der Waals surface area contributed by atoms with E-state index in [1.807, 2.05) is 30.3 Å². The van der Waals surface area contributed by atoms with Gasteiger partial charge < -0.3 is 10.8 Å². The van der Waals surface area contributed by atoms with Gasteiger partial charge in [-0.2, -0.15) is 0 Å². The Bertz CT molecular complexity index is 343. The molecule has 0 fully saturated rings. The zero-order chi connectivity index (χ0) is 13.2. The molecule has 0 bridgehead atoms. The van der Waals surface area contributed by atoms with Gasteiger partial charge in [0.05, 0.1) is 6.61 Å². The fourth-order valence-electron chi connectivity index (χ4n) is 1.47. The summed E-state index contributed by atoms with van der Waals surface area (Å²) in [5, 5.41) is 8.58. The third-order valence-electron chi connectivity index (χ3n) is 2.54. The fourth-order valence-corrected chi connectivity index (χ4v) is 1.47. The van der Waals surface area contributed by atoms with Crippen LogP contribution in [0, 0.1) is 0 Å². The van der Waals surface area contributed by atoms with E-state index in [9.17, 15) is 4.79 Å². The number of aliphatic carboxylic acids is 1. The van der Waals surface area contributed by atoms with Crippen LogP contribution in [-0.2, 0) is 16.2 Å². The lowest BCUT2D eigenvalue weighted by Gasteiger charge is -2.07. The van der Waals surface area contributed by atoms with Gasteiger partial charge in [0.1, 0.15) is 6.04 Å². The largest absolute Gasteiger partial charge is 0.480 e. The Hall–Kier alpha value is -1.43. The maximum atomic E-state index is 10.5. The van der Waals surface area contributed by atoms with E-state index in [0.29, 0.717) is 19.6 Å². The molecule has 18 heavy (non-hydrogen) atoms. The van der Waals surface area contributed by atoms with Gasteiger partial charge in [0.15, 0.2) is 0 Å². The standard InChI is InChI=1S/C13H20N2O3/c14-12(13(16)17)8-4-5-9-15-18-10-11-6-2-1-3-7-11/h1-3,6-7,12,15H,4-5,8-10,14H2,(H,16,17). The molecule has 4 N–H and O–H groups in total. The molecule has 1 rings (SSSR count). The Kier molecular flexibility index (Phi) is 7.01. The minimum Gasteiger partial charge on any atom is -0.480 e. The summed E-state index contributed by atoms with van der Waals surface area (Å²) in [6, 6.07) is 9.12. The zero-order valence-corrected chi connectivity index (χ0v) is 10.3. The van der Waals surface area contributed by atoms with E-state index >= 15 is 0 Å². The summed E-state index contributed by atoms with van der Waals surface area (Å²) in [5.74, 6) is -0.941. The van der Waals surface area contributed by atoms with Gasteiger partial charge >= 0.3 is 5.97 Å². The first-order chi connectivity index (χ1) is 8.70. The molecule has 0 radical (unpaired) electrons. The van der Waals surface area contributed by atoms with Gasteiger partial charge in [-0.1, -0.05) is 30.3 Å². The molecule has 1 aromatic rings. The van der Waals surface area contributed by atoms with Gasteiger partial charge in [0.2, 0.25) is 0 Å². The molecule has 100 valence electrons. The van der Waals surface area contributed by atoms with Crippen molar-refractivity contribution in [2.24, 2.45) is 5.73 Å². The molecule has 1 aromatic carbocycles. The smallest absolute Gasteiger partial charge is 0.320 e. The minimum absolute atomic E-state index is 0.496. The van der Waals surface area contributed by atoms with Gasteiger partial charge in [0.25, 0.3) is 0 Å². The Morgan fingerprint density at radius 1 is 1.33 bits per heavy atom. The SMILES string of the molecule is NC(CCCCNOCc1ccccc1)C(=O)O. The fraction of sp³-hybridized carbons (Fsp3) is 0.462. The van der Waals surface area contributed by atoms with Crippen molar-refractivity contribution in [1.82, 2.24) is 5.48 Å². The van der Waals surface area contributed by atoms with E-state index in [1.165, 1.54) is 0 Å². The van der Waals surface area contributed by atoms with E-state index in [-0.39, 0.29) is 0 Å². The lowest BCUT2D eigenvalue weighted by atomic mass is 10.1. The van der Waals surface area contributed by atoms with Crippen molar-refractivity contribution in [2.75, 3.05) is 6.54 Å². The molecule has 0 aliphatic heterocycles. The average molecular weight is 252 g/mol. The zero-order valence-electron chi connectivity index (χ0n) is 10.3. The number of carboxylic acid groups (broad SMARTS) is 1. The van der Waals surface area contributed by atoms with Crippen LogP contribution < -0.4 is 11.2 Å². The summed E-state index contributed by atoms with van der Waals surface area (Å²) in [4.78, 5) is 15.7. The van der Waals surface area contributed by atoms with E-state index < -0.39 is 12.0 Å². The van der Waals surface area contributed by atoms with Crippen molar-refractivity contribution >= 4 is 5.97 Å². The maximum absolute atomic E-state index is 10.5. The summed E-state index contributed by atoms with van der Waals surface area (Å²) in [7, 11) is 0. The molecule has 0 saturated carbocycles. The highest BCUT2D eigenvalue weighted by molar-refractivity contribution is 5.72. The summed E-state index contributed by atoms with van der Waals surface area (Å²) in [5.41, 5.74) is 9.34. The van der Waals surface area contributed by atoms with Crippen molar-refractivity contribution in [3.63, 3.8) is 0 Å². The molecule has 0 aromatic heterocycles. The first kappa shape index (κ1) is 14.6. The Morgan fingerprint density at radius 2 is 2.06 bits per heavy atom. The summed E-state index contributed by atoms with van der Waals surface area (Å²) in [6.45, 7) is 1.22. The van der Waals surface area contributed by atoms with E-state index in [2.05, 4.69) is 5.48 Å². The molecule has 5 heteroatoms. The van der Waals surface area contributed by atoms with Crippen molar-refractivity contribution in [3.05, 3.63) is 35.9 Å². The van der Waals surface area contributed by atoms with Gasteiger partial charge in [-0.3, -0.25) is 9.63 Å². The number of nitrogens with two attached hydrogens (primary N) is 1. The molecule has 0 amide bonds. The lowest BCUT2D eigenvalue weighted by molar-refractivity contribution is -0.138. The second kappa shape index (κ2) is 8.63. The van der Waals surface area contributed by atoms with Crippen molar-refractivity contribution in [2.45, 2.75) is 31.9 Å². The number of unbranched alkanes of at least 4 members (excludes halogenated alkanes) is 1. The summed E-state index contributed by atoms with van der Waals surface area (Å²) >= 11 is 0. The number of hydroxylamine groups is 1.